The normalized spacial score (nSPS) is 21.2. The first-order valence-electron chi connectivity index (χ1n) is 7.22. The maximum absolute atomic E-state index is 11.9. The van der Waals surface area contributed by atoms with Crippen LogP contribution in [-0.2, 0) is 11.2 Å². The molecule has 1 atom stereocenters. The predicted molar refractivity (Wildman–Crippen MR) is 84.8 cm³/mol. The number of hydrogen-bond donors (Lipinski definition) is 2. The second kappa shape index (κ2) is 6.98. The number of carboxylic acids is 1. The van der Waals surface area contributed by atoms with Crippen molar-refractivity contribution in [2.45, 2.75) is 37.4 Å². The van der Waals surface area contributed by atoms with Gasteiger partial charge in [0.25, 0.3) is 0 Å². The third kappa shape index (κ3) is 4.49. The van der Waals surface area contributed by atoms with Gasteiger partial charge >= 0.3 is 5.97 Å². The van der Waals surface area contributed by atoms with Crippen LogP contribution < -0.4 is 5.32 Å². The highest BCUT2D eigenvalue weighted by atomic mass is 32.2. The molecule has 1 amide bonds. The highest BCUT2D eigenvalue weighted by Crippen LogP contribution is 2.36. The average Bonchev–Trinajstić information content (AvgIpc) is 2.90. The number of hydrogen-bond acceptors (Lipinski definition) is 3. The Morgan fingerprint density at radius 1 is 1.38 bits per heavy atom. The molecule has 1 aromatic rings. The van der Waals surface area contributed by atoms with Crippen molar-refractivity contribution in [2.24, 2.45) is 0 Å². The average molecular weight is 307 g/mol. The van der Waals surface area contributed by atoms with Crippen molar-refractivity contribution in [2.75, 3.05) is 12.3 Å². The fourth-order valence-corrected chi connectivity index (χ4v) is 3.79. The Balaban J connectivity index is 1.83. The molecule has 114 valence electrons. The summed E-state index contributed by atoms with van der Waals surface area (Å²) in [5.41, 5.74) is 0.991. The van der Waals surface area contributed by atoms with Gasteiger partial charge in [0.2, 0.25) is 5.91 Å². The van der Waals surface area contributed by atoms with Crippen molar-refractivity contribution in [1.29, 1.82) is 0 Å². The summed E-state index contributed by atoms with van der Waals surface area (Å²) in [5.74, 6) is 0.211. The van der Waals surface area contributed by atoms with Crippen LogP contribution in [0.1, 0.15) is 42.1 Å². The highest BCUT2D eigenvalue weighted by Gasteiger charge is 2.29. The smallest absolute Gasteiger partial charge is 0.335 e. The van der Waals surface area contributed by atoms with E-state index in [1.165, 1.54) is 12.2 Å². The fraction of sp³-hybridized carbons (Fsp3) is 0.500. The summed E-state index contributed by atoms with van der Waals surface area (Å²) < 4.78 is 0.161. The Hall–Kier alpha value is -1.49. The van der Waals surface area contributed by atoms with Crippen molar-refractivity contribution in [3.8, 4) is 0 Å². The number of aryl methyl sites for hydroxylation is 1. The first-order valence-corrected chi connectivity index (χ1v) is 8.21. The molecule has 0 aromatic heterocycles. The number of rotatable bonds is 6. The summed E-state index contributed by atoms with van der Waals surface area (Å²) in [4.78, 5) is 23.0. The quantitative estimate of drug-likeness (QED) is 0.848. The van der Waals surface area contributed by atoms with E-state index in [2.05, 4.69) is 12.2 Å². The number of carbonyl (C=O) groups excluding carboxylic acids is 1. The lowest BCUT2D eigenvalue weighted by atomic mass is 10.0. The zero-order chi connectivity index (χ0) is 15.3. The van der Waals surface area contributed by atoms with E-state index in [4.69, 9.17) is 5.11 Å². The molecular formula is C16H21NO3S. The van der Waals surface area contributed by atoms with Gasteiger partial charge < -0.3 is 10.4 Å². The molecule has 2 rings (SSSR count). The number of amides is 1. The number of thioether (sulfide) groups is 1. The van der Waals surface area contributed by atoms with E-state index in [0.29, 0.717) is 24.9 Å². The van der Waals surface area contributed by atoms with E-state index in [1.807, 2.05) is 11.8 Å². The van der Waals surface area contributed by atoms with Gasteiger partial charge in [0.05, 0.1) is 5.56 Å². The molecule has 1 fully saturated rings. The number of carboxylic acid groups (broad SMARTS) is 1. The second-order valence-corrected chi connectivity index (χ2v) is 7.32. The molecule has 0 aliphatic carbocycles. The molecule has 4 nitrogen and oxygen atoms in total. The second-order valence-electron chi connectivity index (χ2n) is 5.64. The number of carbonyl (C=O) groups is 2. The van der Waals surface area contributed by atoms with Gasteiger partial charge in [-0.3, -0.25) is 4.79 Å². The fourth-order valence-electron chi connectivity index (χ4n) is 2.55. The number of nitrogens with one attached hydrogen (secondary N) is 1. The van der Waals surface area contributed by atoms with Crippen molar-refractivity contribution < 1.29 is 14.7 Å². The van der Waals surface area contributed by atoms with E-state index in [0.717, 1.165) is 6.42 Å². The minimum Gasteiger partial charge on any atom is -0.478 e. The van der Waals surface area contributed by atoms with Gasteiger partial charge in [-0.2, -0.15) is 11.8 Å². The predicted octanol–water partition coefficient (Wildman–Crippen LogP) is 2.72. The Kier molecular flexibility index (Phi) is 5.28. The SMILES string of the molecule is CC1(CNC(=O)CCc2ccccc2C(=O)O)CCCS1. The summed E-state index contributed by atoms with van der Waals surface area (Å²) in [5, 5.41) is 12.1. The first-order chi connectivity index (χ1) is 10.0. The Labute approximate surface area is 129 Å². The summed E-state index contributed by atoms with van der Waals surface area (Å²) in [7, 11) is 0. The van der Waals surface area contributed by atoms with Gasteiger partial charge in [-0.15, -0.1) is 0 Å². The highest BCUT2D eigenvalue weighted by molar-refractivity contribution is 8.00. The first kappa shape index (κ1) is 15.9. The van der Waals surface area contributed by atoms with Crippen LogP contribution >= 0.6 is 11.8 Å². The van der Waals surface area contributed by atoms with Crippen LogP contribution in [0.3, 0.4) is 0 Å². The largest absolute Gasteiger partial charge is 0.478 e. The van der Waals surface area contributed by atoms with E-state index >= 15 is 0 Å². The van der Waals surface area contributed by atoms with Crippen molar-refractivity contribution in [1.82, 2.24) is 5.32 Å². The third-order valence-electron chi connectivity index (χ3n) is 3.83. The molecule has 0 saturated carbocycles. The van der Waals surface area contributed by atoms with Gasteiger partial charge in [-0.1, -0.05) is 18.2 Å². The van der Waals surface area contributed by atoms with Crippen LogP contribution in [-0.4, -0.2) is 34.0 Å². The van der Waals surface area contributed by atoms with Crippen LogP contribution in [0.15, 0.2) is 24.3 Å². The molecule has 1 aliphatic heterocycles. The lowest BCUT2D eigenvalue weighted by Gasteiger charge is -2.22. The minimum atomic E-state index is -0.944. The lowest BCUT2D eigenvalue weighted by Crippen LogP contribution is -2.36. The monoisotopic (exact) mass is 307 g/mol. The van der Waals surface area contributed by atoms with Crippen LogP contribution in [0, 0.1) is 0 Å². The standard InChI is InChI=1S/C16H21NO3S/c1-16(9-4-10-21-16)11-17-14(18)8-7-12-5-2-3-6-13(12)15(19)20/h2-3,5-6H,4,7-11H2,1H3,(H,17,18)(H,19,20). The van der Waals surface area contributed by atoms with E-state index in [1.54, 1.807) is 24.3 Å². The minimum absolute atomic E-state index is 0.0103. The molecule has 0 bridgehead atoms. The van der Waals surface area contributed by atoms with E-state index in [-0.39, 0.29) is 16.2 Å². The molecule has 21 heavy (non-hydrogen) atoms. The summed E-state index contributed by atoms with van der Waals surface area (Å²) in [6.45, 7) is 2.88. The summed E-state index contributed by atoms with van der Waals surface area (Å²) in [6.07, 6.45) is 3.13. The van der Waals surface area contributed by atoms with Crippen LogP contribution in [0.2, 0.25) is 0 Å². The maximum Gasteiger partial charge on any atom is 0.335 e. The number of benzene rings is 1. The van der Waals surface area contributed by atoms with Gasteiger partial charge in [-0.05, 0) is 43.6 Å². The zero-order valence-corrected chi connectivity index (χ0v) is 13.0. The van der Waals surface area contributed by atoms with E-state index in [9.17, 15) is 9.59 Å². The van der Waals surface area contributed by atoms with Crippen LogP contribution in [0.4, 0.5) is 0 Å². The van der Waals surface area contributed by atoms with Crippen molar-refractivity contribution in [3.63, 3.8) is 0 Å². The van der Waals surface area contributed by atoms with Gasteiger partial charge in [0.15, 0.2) is 0 Å². The maximum atomic E-state index is 11.9. The molecule has 1 saturated heterocycles. The molecular weight excluding hydrogens is 286 g/mol. The Morgan fingerprint density at radius 3 is 2.81 bits per heavy atom. The Bertz CT molecular complexity index is 524. The number of aromatic carboxylic acids is 1. The Morgan fingerprint density at radius 2 is 2.14 bits per heavy atom. The van der Waals surface area contributed by atoms with Crippen LogP contribution in [0.25, 0.3) is 0 Å². The van der Waals surface area contributed by atoms with E-state index < -0.39 is 5.97 Å². The van der Waals surface area contributed by atoms with Crippen molar-refractivity contribution >= 4 is 23.6 Å². The molecule has 1 heterocycles. The zero-order valence-electron chi connectivity index (χ0n) is 12.2. The summed E-state index contributed by atoms with van der Waals surface area (Å²) >= 11 is 1.92. The van der Waals surface area contributed by atoms with Gasteiger partial charge in [0.1, 0.15) is 0 Å². The van der Waals surface area contributed by atoms with Gasteiger partial charge in [-0.25, -0.2) is 4.79 Å². The molecule has 0 spiro atoms. The molecule has 1 unspecified atom stereocenters. The van der Waals surface area contributed by atoms with Crippen molar-refractivity contribution in [3.05, 3.63) is 35.4 Å². The van der Waals surface area contributed by atoms with Gasteiger partial charge in [0, 0.05) is 17.7 Å². The molecule has 1 aromatic carbocycles. The topological polar surface area (TPSA) is 66.4 Å². The molecule has 1 aliphatic rings. The molecule has 0 radical (unpaired) electrons. The molecule has 2 N–H and O–H groups in total. The van der Waals surface area contributed by atoms with Crippen LogP contribution in [0.5, 0.6) is 0 Å². The summed E-state index contributed by atoms with van der Waals surface area (Å²) in [6, 6.07) is 6.84. The molecule has 5 heteroatoms. The third-order valence-corrected chi connectivity index (χ3v) is 5.37. The lowest BCUT2D eigenvalue weighted by molar-refractivity contribution is -0.121.